The van der Waals surface area contributed by atoms with E-state index in [1.165, 1.54) is 57.1 Å². The second-order valence-corrected chi connectivity index (χ2v) is 8.95. The van der Waals surface area contributed by atoms with Gasteiger partial charge in [-0.05, 0) is 26.9 Å². The molecule has 0 saturated heterocycles. The lowest BCUT2D eigenvalue weighted by molar-refractivity contribution is -0.143. The van der Waals surface area contributed by atoms with Gasteiger partial charge in [-0.25, -0.2) is 0 Å². The molecule has 3 nitrogen and oxygen atoms in total. The van der Waals surface area contributed by atoms with E-state index in [0.717, 1.165) is 18.7 Å². The maximum atomic E-state index is 11.5. The van der Waals surface area contributed by atoms with E-state index in [-0.39, 0.29) is 5.97 Å². The van der Waals surface area contributed by atoms with Crippen LogP contribution in [0.1, 0.15) is 71.1 Å². The maximum Gasteiger partial charge on any atom is 0.306 e. The van der Waals surface area contributed by atoms with E-state index in [4.69, 9.17) is 4.74 Å². The van der Waals surface area contributed by atoms with Gasteiger partial charge in [0.05, 0.1) is 13.0 Å². The molecule has 0 bridgehead atoms. The van der Waals surface area contributed by atoms with E-state index < -0.39 is 0 Å². The largest absolute Gasteiger partial charge is 0.466 e. The van der Waals surface area contributed by atoms with E-state index in [9.17, 15) is 4.79 Å². The normalized spacial score (nSPS) is 11.1. The molecule has 0 aromatic carbocycles. The van der Waals surface area contributed by atoms with Crippen LogP contribution in [0.4, 0.5) is 0 Å². The highest BCUT2D eigenvalue weighted by Gasteiger charge is 2.03. The summed E-state index contributed by atoms with van der Waals surface area (Å²) in [7, 11) is 7.77. The van der Waals surface area contributed by atoms with E-state index in [0.29, 0.717) is 13.0 Å². The molecule has 0 aliphatic carbocycles. The zero-order chi connectivity index (χ0) is 17.2. The Morgan fingerprint density at radius 1 is 0.870 bits per heavy atom. The fourth-order valence-electron chi connectivity index (χ4n) is 2.18. The summed E-state index contributed by atoms with van der Waals surface area (Å²) in [5, 5.41) is 0. The summed E-state index contributed by atoms with van der Waals surface area (Å²) in [6.45, 7) is 3.78. The van der Waals surface area contributed by atoms with Crippen molar-refractivity contribution in [3.05, 3.63) is 0 Å². The highest BCUT2D eigenvalue weighted by Crippen LogP contribution is 2.24. The molecule has 0 aromatic heterocycles. The van der Waals surface area contributed by atoms with Crippen molar-refractivity contribution in [1.29, 1.82) is 0 Å². The maximum absolute atomic E-state index is 11.5. The third kappa shape index (κ3) is 20.1. The van der Waals surface area contributed by atoms with Gasteiger partial charge in [-0.3, -0.25) is 4.79 Å². The Balaban J connectivity index is 3.13. The molecule has 0 radical (unpaired) electrons. The van der Waals surface area contributed by atoms with Crippen LogP contribution in [-0.4, -0.2) is 49.6 Å². The lowest BCUT2D eigenvalue weighted by atomic mass is 10.1. The lowest BCUT2D eigenvalue weighted by Gasteiger charge is -2.09. The van der Waals surface area contributed by atoms with Crippen LogP contribution >= 0.6 is 21.6 Å². The summed E-state index contributed by atoms with van der Waals surface area (Å²) < 4.78 is 5.20. The van der Waals surface area contributed by atoms with Crippen molar-refractivity contribution < 1.29 is 9.53 Å². The van der Waals surface area contributed by atoms with Crippen LogP contribution in [-0.2, 0) is 9.53 Å². The summed E-state index contributed by atoms with van der Waals surface area (Å²) in [4.78, 5) is 13.6. The van der Waals surface area contributed by atoms with Crippen LogP contribution in [0.25, 0.3) is 0 Å². The molecular weight excluding hydrogens is 326 g/mol. The second kappa shape index (κ2) is 18.5. The number of hydrogen-bond acceptors (Lipinski definition) is 5. The molecule has 0 N–H and O–H groups in total. The number of rotatable bonds is 17. The van der Waals surface area contributed by atoms with Gasteiger partial charge < -0.3 is 9.64 Å². The third-order valence-electron chi connectivity index (χ3n) is 3.57. The quantitative estimate of drug-likeness (QED) is 0.196. The van der Waals surface area contributed by atoms with Crippen molar-refractivity contribution in [1.82, 2.24) is 4.90 Å². The second-order valence-electron chi connectivity index (χ2n) is 6.25. The first kappa shape index (κ1) is 23.1. The summed E-state index contributed by atoms with van der Waals surface area (Å²) in [5.74, 6) is 2.02. The molecule has 23 heavy (non-hydrogen) atoms. The first-order valence-corrected chi connectivity index (χ1v) is 11.7. The Hall–Kier alpha value is 0.130. The monoisotopic (exact) mass is 363 g/mol. The predicted octanol–water partition coefficient (Wildman–Crippen LogP) is 5.39. The van der Waals surface area contributed by atoms with Crippen LogP contribution in [0, 0.1) is 0 Å². The highest BCUT2D eigenvalue weighted by molar-refractivity contribution is 8.76. The van der Waals surface area contributed by atoms with Crippen molar-refractivity contribution in [2.24, 2.45) is 0 Å². The van der Waals surface area contributed by atoms with Gasteiger partial charge in [-0.1, -0.05) is 73.5 Å². The van der Waals surface area contributed by atoms with Crippen LogP contribution in [0.15, 0.2) is 0 Å². The molecule has 0 rings (SSSR count). The van der Waals surface area contributed by atoms with Crippen molar-refractivity contribution in [2.45, 2.75) is 71.1 Å². The Bertz CT molecular complexity index is 263. The number of esters is 1. The molecule has 0 atom stereocenters. The fraction of sp³-hybridized carbons (Fsp3) is 0.944. The molecule has 0 fully saturated rings. The third-order valence-corrected chi connectivity index (χ3v) is 6.06. The average Bonchev–Trinajstić information content (AvgIpc) is 2.52. The van der Waals surface area contributed by atoms with Crippen LogP contribution in [0.3, 0.4) is 0 Å². The van der Waals surface area contributed by atoms with Crippen LogP contribution in [0.5, 0.6) is 0 Å². The number of hydrogen-bond donors (Lipinski definition) is 0. The van der Waals surface area contributed by atoms with Gasteiger partial charge in [0.15, 0.2) is 0 Å². The van der Waals surface area contributed by atoms with Gasteiger partial charge in [0.2, 0.25) is 0 Å². The van der Waals surface area contributed by atoms with E-state index in [2.05, 4.69) is 11.8 Å². The van der Waals surface area contributed by atoms with Gasteiger partial charge in [0.1, 0.15) is 0 Å². The van der Waals surface area contributed by atoms with Gasteiger partial charge in [0.25, 0.3) is 0 Å². The minimum Gasteiger partial charge on any atom is -0.466 e. The van der Waals surface area contributed by atoms with E-state index in [1.54, 1.807) is 0 Å². The van der Waals surface area contributed by atoms with Crippen molar-refractivity contribution in [3.8, 4) is 0 Å². The average molecular weight is 364 g/mol. The molecule has 0 aliphatic heterocycles. The molecular formula is C18H37NO2S2. The van der Waals surface area contributed by atoms with Crippen LogP contribution in [0.2, 0.25) is 0 Å². The topological polar surface area (TPSA) is 29.5 Å². The van der Waals surface area contributed by atoms with Crippen molar-refractivity contribution in [2.75, 3.05) is 38.8 Å². The smallest absolute Gasteiger partial charge is 0.306 e. The zero-order valence-electron chi connectivity index (χ0n) is 15.5. The van der Waals surface area contributed by atoms with Crippen LogP contribution < -0.4 is 0 Å². The van der Waals surface area contributed by atoms with Gasteiger partial charge in [0, 0.05) is 18.1 Å². The lowest BCUT2D eigenvalue weighted by Crippen LogP contribution is -2.16. The standard InChI is InChI=1S/C18H37NO2S2/c1-4-5-6-7-8-9-10-11-16-22-23-17-13-18(20)21-15-12-14-19(2)3/h4-17H2,1-3H3. The SMILES string of the molecule is CCCCCCCCCCSSCCC(=O)OCCCN(C)C. The Morgan fingerprint density at radius 3 is 2.13 bits per heavy atom. The van der Waals surface area contributed by atoms with Gasteiger partial charge >= 0.3 is 5.97 Å². The summed E-state index contributed by atoms with van der Waals surface area (Å²) in [6.07, 6.45) is 12.4. The highest BCUT2D eigenvalue weighted by atomic mass is 33.1. The Morgan fingerprint density at radius 2 is 1.48 bits per heavy atom. The van der Waals surface area contributed by atoms with Gasteiger partial charge in [-0.2, -0.15) is 0 Å². The molecule has 0 aromatic rings. The first-order valence-electron chi connectivity index (χ1n) is 9.21. The molecule has 0 amide bonds. The molecule has 0 heterocycles. The van der Waals surface area contributed by atoms with E-state index >= 15 is 0 Å². The summed E-state index contributed by atoms with van der Waals surface area (Å²) in [6, 6.07) is 0. The molecule has 0 saturated carbocycles. The summed E-state index contributed by atoms with van der Waals surface area (Å²) in [5.41, 5.74) is 0. The van der Waals surface area contributed by atoms with Crippen molar-refractivity contribution in [3.63, 3.8) is 0 Å². The van der Waals surface area contributed by atoms with Crippen molar-refractivity contribution >= 4 is 27.6 Å². The number of nitrogens with zero attached hydrogens (tertiary/aromatic N) is 1. The molecule has 138 valence electrons. The first-order chi connectivity index (χ1) is 11.2. The Labute approximate surface area is 152 Å². The summed E-state index contributed by atoms with van der Waals surface area (Å²) >= 11 is 0. The van der Waals surface area contributed by atoms with E-state index in [1.807, 2.05) is 35.7 Å². The zero-order valence-corrected chi connectivity index (χ0v) is 17.1. The number of carbonyl (C=O) groups is 1. The number of unbranched alkanes of at least 4 members (excludes halogenated alkanes) is 7. The Kier molecular flexibility index (Phi) is 18.6. The molecule has 0 unspecified atom stereocenters. The molecule has 0 spiro atoms. The predicted molar refractivity (Wildman–Crippen MR) is 106 cm³/mol. The molecule has 0 aliphatic rings. The number of carbonyl (C=O) groups excluding carboxylic acids is 1. The van der Waals surface area contributed by atoms with Gasteiger partial charge in [-0.15, -0.1) is 0 Å². The molecule has 5 heteroatoms. The fourth-order valence-corrected chi connectivity index (χ4v) is 4.30. The minimum atomic E-state index is -0.0519. The minimum absolute atomic E-state index is 0.0519. The number of ether oxygens (including phenoxy) is 1.